The highest BCUT2D eigenvalue weighted by Crippen LogP contribution is 2.35. The molecule has 0 fully saturated rings. The van der Waals surface area contributed by atoms with Gasteiger partial charge >= 0.3 is 0 Å². The minimum absolute atomic E-state index is 0.0299. The molecule has 0 radical (unpaired) electrons. The van der Waals surface area contributed by atoms with Gasteiger partial charge < -0.3 is 14.4 Å². The second-order valence-corrected chi connectivity index (χ2v) is 9.88. The molecule has 0 atom stereocenters. The lowest BCUT2D eigenvalue weighted by atomic mass is 10.0. The number of carbonyl (C=O) groups is 1. The van der Waals surface area contributed by atoms with Crippen molar-refractivity contribution in [2.24, 2.45) is 0 Å². The van der Waals surface area contributed by atoms with Crippen LogP contribution in [0, 0.1) is 6.92 Å². The first-order valence-electron chi connectivity index (χ1n) is 11.7. The van der Waals surface area contributed by atoms with Crippen LogP contribution in [-0.4, -0.2) is 45.3 Å². The van der Waals surface area contributed by atoms with Crippen molar-refractivity contribution in [2.75, 3.05) is 19.8 Å². The summed E-state index contributed by atoms with van der Waals surface area (Å²) < 4.78 is 13.5. The molecule has 1 aliphatic rings. The standard InChI is InChI=1S/C26H34N4O3/c1-8-29(15-18-10-9-11-21-23(18)33-13-12-32-21)25(31)19-14-20(16(2)3)27-24-22(19)17(4)28-30(24)26(5,6)7/h9-11,14,16H,8,12-13,15H2,1-7H3. The zero-order valence-corrected chi connectivity index (χ0v) is 20.7. The molecule has 3 heterocycles. The second-order valence-electron chi connectivity index (χ2n) is 9.88. The quantitative estimate of drug-likeness (QED) is 0.544. The van der Waals surface area contributed by atoms with E-state index in [4.69, 9.17) is 19.6 Å². The van der Waals surface area contributed by atoms with E-state index in [1.165, 1.54) is 0 Å². The molecule has 7 nitrogen and oxygen atoms in total. The third-order valence-corrected chi connectivity index (χ3v) is 5.97. The lowest BCUT2D eigenvalue weighted by Gasteiger charge is -2.26. The molecule has 3 aromatic rings. The maximum Gasteiger partial charge on any atom is 0.255 e. The van der Waals surface area contributed by atoms with Crippen LogP contribution >= 0.6 is 0 Å². The van der Waals surface area contributed by atoms with Crippen molar-refractivity contribution in [3.8, 4) is 11.5 Å². The topological polar surface area (TPSA) is 69.5 Å². The molecule has 0 unspecified atom stereocenters. The van der Waals surface area contributed by atoms with Crippen LogP contribution in [0.25, 0.3) is 11.0 Å². The third kappa shape index (κ3) is 4.28. The SMILES string of the molecule is CCN(Cc1cccc2c1OCCO2)C(=O)c1cc(C(C)C)nc2c1c(C)nn2C(C)(C)C. The second kappa shape index (κ2) is 8.69. The van der Waals surface area contributed by atoms with Crippen molar-refractivity contribution in [1.82, 2.24) is 19.7 Å². The highest BCUT2D eigenvalue weighted by atomic mass is 16.6. The molecule has 1 aromatic carbocycles. The molecule has 4 rings (SSSR count). The van der Waals surface area contributed by atoms with Crippen LogP contribution in [0.15, 0.2) is 24.3 Å². The summed E-state index contributed by atoms with van der Waals surface area (Å²) in [6.07, 6.45) is 0. The highest BCUT2D eigenvalue weighted by Gasteiger charge is 2.28. The summed E-state index contributed by atoms with van der Waals surface area (Å²) in [5, 5.41) is 5.60. The number of hydrogen-bond donors (Lipinski definition) is 0. The number of fused-ring (bicyclic) bond motifs is 2. The van der Waals surface area contributed by atoms with Gasteiger partial charge in [-0.25, -0.2) is 9.67 Å². The van der Waals surface area contributed by atoms with Crippen LogP contribution in [0.3, 0.4) is 0 Å². The highest BCUT2D eigenvalue weighted by molar-refractivity contribution is 6.06. The molecule has 0 saturated heterocycles. The molecular weight excluding hydrogens is 416 g/mol. The summed E-state index contributed by atoms with van der Waals surface area (Å²) in [7, 11) is 0. The maximum absolute atomic E-state index is 13.9. The Morgan fingerprint density at radius 2 is 1.94 bits per heavy atom. The van der Waals surface area contributed by atoms with Crippen LogP contribution < -0.4 is 9.47 Å². The van der Waals surface area contributed by atoms with Gasteiger partial charge in [-0.2, -0.15) is 5.10 Å². The molecule has 7 heteroatoms. The van der Waals surface area contributed by atoms with Crippen molar-refractivity contribution < 1.29 is 14.3 Å². The zero-order valence-electron chi connectivity index (χ0n) is 20.7. The van der Waals surface area contributed by atoms with Crippen molar-refractivity contribution in [1.29, 1.82) is 0 Å². The van der Waals surface area contributed by atoms with Crippen molar-refractivity contribution in [3.05, 3.63) is 46.8 Å². The number of para-hydroxylation sites is 1. The van der Waals surface area contributed by atoms with E-state index in [1.54, 1.807) is 0 Å². The fourth-order valence-corrected chi connectivity index (χ4v) is 4.20. The number of ether oxygens (including phenoxy) is 2. The molecule has 0 N–H and O–H groups in total. The Bertz CT molecular complexity index is 1190. The Kier molecular flexibility index (Phi) is 6.08. The summed E-state index contributed by atoms with van der Waals surface area (Å²) in [5.74, 6) is 1.62. The van der Waals surface area contributed by atoms with Crippen LogP contribution in [0.1, 0.15) is 74.8 Å². The van der Waals surface area contributed by atoms with Crippen LogP contribution in [0.4, 0.5) is 0 Å². The van der Waals surface area contributed by atoms with E-state index in [2.05, 4.69) is 34.6 Å². The first kappa shape index (κ1) is 23.1. The molecule has 0 spiro atoms. The number of nitrogens with zero attached hydrogens (tertiary/aromatic N) is 4. The lowest BCUT2D eigenvalue weighted by molar-refractivity contribution is 0.0751. The van der Waals surface area contributed by atoms with Gasteiger partial charge in [0.05, 0.1) is 22.2 Å². The lowest BCUT2D eigenvalue weighted by Crippen LogP contribution is -2.31. The summed E-state index contributed by atoms with van der Waals surface area (Å²) >= 11 is 0. The Hall–Kier alpha value is -3.09. The molecule has 176 valence electrons. The number of pyridine rings is 1. The minimum atomic E-state index is -0.250. The van der Waals surface area contributed by atoms with E-state index in [-0.39, 0.29) is 17.4 Å². The fourth-order valence-electron chi connectivity index (χ4n) is 4.20. The molecule has 1 aliphatic heterocycles. The Labute approximate surface area is 195 Å². The van der Waals surface area contributed by atoms with E-state index < -0.39 is 0 Å². The molecule has 2 aromatic heterocycles. The number of carbonyl (C=O) groups excluding carboxylic acids is 1. The molecule has 0 saturated carbocycles. The summed E-state index contributed by atoms with van der Waals surface area (Å²) in [4.78, 5) is 20.7. The van der Waals surface area contributed by atoms with Crippen molar-refractivity contribution >= 4 is 16.9 Å². The van der Waals surface area contributed by atoms with Gasteiger partial charge in [0.1, 0.15) is 13.2 Å². The number of hydrogen-bond acceptors (Lipinski definition) is 5. The molecular formula is C26H34N4O3. The van der Waals surface area contributed by atoms with Crippen molar-refractivity contribution in [2.45, 2.75) is 66.5 Å². The Balaban J connectivity index is 1.80. The number of aromatic nitrogens is 3. The van der Waals surface area contributed by atoms with Crippen molar-refractivity contribution in [3.63, 3.8) is 0 Å². The molecule has 1 amide bonds. The number of rotatable bonds is 5. The van der Waals surface area contributed by atoms with E-state index in [0.717, 1.165) is 39.5 Å². The maximum atomic E-state index is 13.9. The summed E-state index contributed by atoms with van der Waals surface area (Å²) in [6, 6.07) is 7.79. The first-order valence-corrected chi connectivity index (χ1v) is 11.7. The average molecular weight is 451 g/mol. The van der Waals surface area contributed by atoms with Gasteiger partial charge in [-0.05, 0) is 52.7 Å². The molecule has 0 aliphatic carbocycles. The predicted molar refractivity (Wildman–Crippen MR) is 129 cm³/mol. The number of amides is 1. The largest absolute Gasteiger partial charge is 0.486 e. The summed E-state index contributed by atoms with van der Waals surface area (Å²) in [5.41, 5.74) is 3.82. The fraction of sp³-hybridized carbons (Fsp3) is 0.500. The molecule has 0 bridgehead atoms. The van der Waals surface area contributed by atoms with E-state index in [1.807, 2.05) is 47.7 Å². The molecule has 33 heavy (non-hydrogen) atoms. The predicted octanol–water partition coefficient (Wildman–Crippen LogP) is 5.05. The van der Waals surface area contributed by atoms with Gasteiger partial charge in [0.2, 0.25) is 0 Å². The number of aryl methyl sites for hydroxylation is 1. The van der Waals surface area contributed by atoms with Gasteiger partial charge in [0.15, 0.2) is 17.1 Å². The zero-order chi connectivity index (χ0) is 23.9. The summed E-state index contributed by atoms with van der Waals surface area (Å²) in [6.45, 7) is 16.5. The van der Waals surface area contributed by atoms with Gasteiger partial charge in [-0.1, -0.05) is 26.0 Å². The van der Waals surface area contributed by atoms with Crippen LogP contribution in [-0.2, 0) is 12.1 Å². The number of benzene rings is 1. The Morgan fingerprint density at radius 1 is 1.21 bits per heavy atom. The van der Waals surface area contributed by atoms with Gasteiger partial charge in [-0.3, -0.25) is 4.79 Å². The Morgan fingerprint density at radius 3 is 2.61 bits per heavy atom. The monoisotopic (exact) mass is 450 g/mol. The smallest absolute Gasteiger partial charge is 0.255 e. The normalized spacial score (nSPS) is 13.6. The van der Waals surface area contributed by atoms with E-state index in [9.17, 15) is 4.79 Å². The minimum Gasteiger partial charge on any atom is -0.486 e. The van der Waals surface area contributed by atoms with Crippen LogP contribution in [0.5, 0.6) is 11.5 Å². The first-order chi connectivity index (χ1) is 15.6. The van der Waals surface area contributed by atoms with E-state index in [0.29, 0.717) is 31.9 Å². The third-order valence-electron chi connectivity index (χ3n) is 5.97. The van der Waals surface area contributed by atoms with Gasteiger partial charge in [0, 0.05) is 24.3 Å². The van der Waals surface area contributed by atoms with Crippen LogP contribution in [0.2, 0.25) is 0 Å². The van der Waals surface area contributed by atoms with Gasteiger partial charge in [-0.15, -0.1) is 0 Å². The van der Waals surface area contributed by atoms with Gasteiger partial charge in [0.25, 0.3) is 5.91 Å². The average Bonchev–Trinajstić information content (AvgIpc) is 3.13. The van der Waals surface area contributed by atoms with E-state index >= 15 is 0 Å².